The van der Waals surface area contributed by atoms with Crippen molar-refractivity contribution in [1.29, 1.82) is 0 Å². The van der Waals surface area contributed by atoms with Crippen LogP contribution in [0.5, 0.6) is 5.75 Å². The maximum absolute atomic E-state index is 9.76. The molecule has 0 fully saturated rings. The van der Waals surface area contributed by atoms with Crippen molar-refractivity contribution in [3.05, 3.63) is 29.3 Å². The first-order valence-electron chi connectivity index (χ1n) is 5.68. The summed E-state index contributed by atoms with van der Waals surface area (Å²) in [7, 11) is 0. The van der Waals surface area contributed by atoms with Crippen LogP contribution in [0.1, 0.15) is 23.7 Å². The molecule has 0 amide bonds. The van der Waals surface area contributed by atoms with Gasteiger partial charge in [-0.1, -0.05) is 12.0 Å². The van der Waals surface area contributed by atoms with E-state index in [0.29, 0.717) is 0 Å². The zero-order valence-corrected chi connectivity index (χ0v) is 12.1. The summed E-state index contributed by atoms with van der Waals surface area (Å²) in [5.74, 6) is 3.25. The predicted octanol–water partition coefficient (Wildman–Crippen LogP) is 3.01. The Morgan fingerprint density at radius 2 is 2.17 bits per heavy atom. The van der Waals surface area contributed by atoms with E-state index in [9.17, 15) is 5.11 Å². The van der Waals surface area contributed by atoms with Crippen LogP contribution in [0.25, 0.3) is 0 Å². The summed E-state index contributed by atoms with van der Waals surface area (Å²) in [5.41, 5.74) is 1.88. The first-order valence-corrected chi connectivity index (χ1v) is 8.13. The standard InChI is InChI=1S/C14H16O2S2/c1-4-12(15)10-5-6-13-11(9-10)14(17-2,18-3)7-8-16-13/h1,5-6,9,12,15H,7-8H2,2-3H3. The lowest BCUT2D eigenvalue weighted by Crippen LogP contribution is -2.26. The van der Waals surface area contributed by atoms with Crippen molar-refractivity contribution in [1.82, 2.24) is 0 Å². The van der Waals surface area contributed by atoms with Crippen LogP contribution >= 0.6 is 23.5 Å². The maximum Gasteiger partial charge on any atom is 0.139 e. The monoisotopic (exact) mass is 280 g/mol. The minimum Gasteiger partial charge on any atom is -0.493 e. The molecule has 0 radical (unpaired) electrons. The molecule has 1 N–H and O–H groups in total. The largest absolute Gasteiger partial charge is 0.493 e. The van der Waals surface area contributed by atoms with Gasteiger partial charge >= 0.3 is 0 Å². The summed E-state index contributed by atoms with van der Waals surface area (Å²) >= 11 is 3.63. The number of rotatable bonds is 3. The van der Waals surface area contributed by atoms with E-state index in [1.165, 1.54) is 0 Å². The second-order valence-electron chi connectivity index (χ2n) is 4.08. The Hall–Kier alpha value is -0.760. The molecule has 0 aliphatic carbocycles. The van der Waals surface area contributed by atoms with Gasteiger partial charge in [-0.05, 0) is 30.2 Å². The Bertz CT molecular complexity index is 475. The molecule has 0 aromatic heterocycles. The SMILES string of the molecule is C#CC(O)c1ccc2c(c1)C(SC)(SC)CCO2. The predicted molar refractivity (Wildman–Crippen MR) is 79.1 cm³/mol. The minimum atomic E-state index is -0.848. The molecule has 0 bridgehead atoms. The summed E-state index contributed by atoms with van der Waals surface area (Å²) in [5, 5.41) is 9.76. The average Bonchev–Trinajstić information content (AvgIpc) is 2.45. The number of aliphatic hydroxyl groups is 1. The van der Waals surface area contributed by atoms with Gasteiger partial charge in [-0.25, -0.2) is 0 Å². The Morgan fingerprint density at radius 3 is 2.78 bits per heavy atom. The normalized spacial score (nSPS) is 18.3. The minimum absolute atomic E-state index is 0.00207. The third-order valence-electron chi connectivity index (χ3n) is 3.24. The molecule has 0 spiro atoms. The van der Waals surface area contributed by atoms with Gasteiger partial charge in [0.05, 0.1) is 10.7 Å². The summed E-state index contributed by atoms with van der Waals surface area (Å²) in [6, 6.07) is 5.72. The molecule has 1 heterocycles. The van der Waals surface area contributed by atoms with Crippen LogP contribution < -0.4 is 4.74 Å². The fourth-order valence-corrected chi connectivity index (χ4v) is 4.18. The molecule has 18 heavy (non-hydrogen) atoms. The summed E-state index contributed by atoms with van der Waals surface area (Å²) < 4.78 is 5.69. The number of thioether (sulfide) groups is 2. The van der Waals surface area contributed by atoms with E-state index < -0.39 is 6.10 Å². The number of ether oxygens (including phenoxy) is 1. The van der Waals surface area contributed by atoms with Crippen molar-refractivity contribution in [2.45, 2.75) is 16.6 Å². The third kappa shape index (κ3) is 2.23. The van der Waals surface area contributed by atoms with Gasteiger partial charge in [-0.15, -0.1) is 29.9 Å². The molecular formula is C14H16O2S2. The van der Waals surface area contributed by atoms with Crippen LogP contribution in [0, 0.1) is 12.3 Å². The molecule has 4 heteroatoms. The Balaban J connectivity index is 2.51. The Morgan fingerprint density at radius 1 is 1.44 bits per heavy atom. The number of benzene rings is 1. The topological polar surface area (TPSA) is 29.5 Å². The van der Waals surface area contributed by atoms with Crippen LogP contribution in [0.3, 0.4) is 0 Å². The number of fused-ring (bicyclic) bond motifs is 1. The lowest BCUT2D eigenvalue weighted by atomic mass is 10.00. The Labute approximate surface area is 116 Å². The molecule has 0 saturated heterocycles. The lowest BCUT2D eigenvalue weighted by Gasteiger charge is -2.36. The molecule has 96 valence electrons. The quantitative estimate of drug-likeness (QED) is 0.681. The van der Waals surface area contributed by atoms with E-state index in [-0.39, 0.29) is 4.08 Å². The van der Waals surface area contributed by atoms with Gasteiger partial charge < -0.3 is 9.84 Å². The van der Waals surface area contributed by atoms with E-state index in [1.807, 2.05) is 41.7 Å². The average molecular weight is 280 g/mol. The van der Waals surface area contributed by atoms with Crippen molar-refractivity contribution in [2.24, 2.45) is 0 Å². The van der Waals surface area contributed by atoms with Gasteiger partial charge in [0.15, 0.2) is 0 Å². The van der Waals surface area contributed by atoms with Gasteiger partial charge in [0.25, 0.3) is 0 Å². The molecule has 0 saturated carbocycles. The summed E-state index contributed by atoms with van der Waals surface area (Å²) in [6.45, 7) is 0.728. The number of terminal acetylenes is 1. The number of hydrogen-bond donors (Lipinski definition) is 1. The van der Waals surface area contributed by atoms with Crippen LogP contribution in [0.2, 0.25) is 0 Å². The molecule has 1 atom stereocenters. The van der Waals surface area contributed by atoms with Crippen LogP contribution in [0.4, 0.5) is 0 Å². The highest BCUT2D eigenvalue weighted by Crippen LogP contribution is 2.52. The van der Waals surface area contributed by atoms with Gasteiger partial charge in [-0.2, -0.15) is 0 Å². The van der Waals surface area contributed by atoms with E-state index in [2.05, 4.69) is 18.4 Å². The highest BCUT2D eigenvalue weighted by atomic mass is 32.2. The van der Waals surface area contributed by atoms with Crippen LogP contribution in [0.15, 0.2) is 18.2 Å². The van der Waals surface area contributed by atoms with E-state index in [0.717, 1.165) is 29.9 Å². The van der Waals surface area contributed by atoms with Gasteiger partial charge in [0.2, 0.25) is 0 Å². The molecule has 1 aliphatic heterocycles. The van der Waals surface area contributed by atoms with Gasteiger partial charge in [0.1, 0.15) is 11.9 Å². The zero-order chi connectivity index (χ0) is 13.2. The maximum atomic E-state index is 9.76. The van der Waals surface area contributed by atoms with E-state index in [1.54, 1.807) is 0 Å². The van der Waals surface area contributed by atoms with Crippen LogP contribution in [-0.2, 0) is 4.08 Å². The van der Waals surface area contributed by atoms with Crippen molar-refractivity contribution in [3.63, 3.8) is 0 Å². The van der Waals surface area contributed by atoms with E-state index in [4.69, 9.17) is 11.2 Å². The summed E-state index contributed by atoms with van der Waals surface area (Å²) in [6.07, 6.45) is 9.59. The van der Waals surface area contributed by atoms with Crippen molar-refractivity contribution < 1.29 is 9.84 Å². The summed E-state index contributed by atoms with van der Waals surface area (Å²) in [4.78, 5) is 0. The van der Waals surface area contributed by atoms with Crippen molar-refractivity contribution in [3.8, 4) is 18.1 Å². The van der Waals surface area contributed by atoms with Crippen molar-refractivity contribution in [2.75, 3.05) is 19.1 Å². The second kappa shape index (κ2) is 5.48. The molecule has 1 aliphatic rings. The highest BCUT2D eigenvalue weighted by molar-refractivity contribution is 8.16. The highest BCUT2D eigenvalue weighted by Gasteiger charge is 2.36. The number of hydrogen-bond acceptors (Lipinski definition) is 4. The van der Waals surface area contributed by atoms with Gasteiger partial charge in [0, 0.05) is 12.0 Å². The first kappa shape index (κ1) is 13.7. The molecular weight excluding hydrogens is 264 g/mol. The molecule has 1 aromatic carbocycles. The third-order valence-corrected chi connectivity index (χ3v) is 6.40. The molecule has 2 nitrogen and oxygen atoms in total. The smallest absolute Gasteiger partial charge is 0.139 e. The van der Waals surface area contributed by atoms with Gasteiger partial charge in [-0.3, -0.25) is 0 Å². The van der Waals surface area contributed by atoms with Crippen molar-refractivity contribution >= 4 is 23.5 Å². The van der Waals surface area contributed by atoms with E-state index >= 15 is 0 Å². The fourth-order valence-electron chi connectivity index (χ4n) is 2.17. The lowest BCUT2D eigenvalue weighted by molar-refractivity contribution is 0.237. The fraction of sp³-hybridized carbons (Fsp3) is 0.429. The second-order valence-corrected chi connectivity index (χ2v) is 6.55. The first-order chi connectivity index (χ1) is 8.66. The molecule has 1 unspecified atom stereocenters. The molecule has 2 rings (SSSR count). The Kier molecular flexibility index (Phi) is 4.16. The molecule has 1 aromatic rings. The van der Waals surface area contributed by atoms with Crippen LogP contribution in [-0.4, -0.2) is 24.2 Å². The zero-order valence-electron chi connectivity index (χ0n) is 10.5. The number of aliphatic hydroxyl groups excluding tert-OH is 1.